The van der Waals surface area contributed by atoms with E-state index in [1.54, 1.807) is 0 Å². The van der Waals surface area contributed by atoms with Gasteiger partial charge in [0.25, 0.3) is 0 Å². The van der Waals surface area contributed by atoms with E-state index < -0.39 is 0 Å². The molecule has 2 rings (SSSR count). The van der Waals surface area contributed by atoms with E-state index in [0.29, 0.717) is 13.1 Å². The fraction of sp³-hybridized carbons (Fsp3) is 0.769. The second kappa shape index (κ2) is 6.65. The predicted octanol–water partition coefficient (Wildman–Crippen LogP) is 0.763. The summed E-state index contributed by atoms with van der Waals surface area (Å²) < 4.78 is 0. The Kier molecular flexibility index (Phi) is 4.90. The Labute approximate surface area is 113 Å². The quantitative estimate of drug-likeness (QED) is 0.662. The molecule has 0 aromatic carbocycles. The van der Waals surface area contributed by atoms with Crippen LogP contribution in [-0.4, -0.2) is 34.2 Å². The Balaban J connectivity index is 1.73. The number of aryl methyl sites for hydroxylation is 1. The second-order valence-corrected chi connectivity index (χ2v) is 5.34. The van der Waals surface area contributed by atoms with Crippen LogP contribution in [0.2, 0.25) is 0 Å². The standard InChI is InChI=1S/C13H23N5O/c14-9-13(6-2-1-3-7-13)12(19)15-8-4-5-11-16-10-17-18-11/h10H,1-9,14H2,(H,15,19)(H,16,17,18). The number of nitrogens with zero attached hydrogens (tertiary/aromatic N) is 2. The third-order valence-corrected chi connectivity index (χ3v) is 4.02. The van der Waals surface area contributed by atoms with E-state index in [9.17, 15) is 4.79 Å². The van der Waals surface area contributed by atoms with Crippen LogP contribution in [-0.2, 0) is 11.2 Å². The number of amides is 1. The molecule has 0 unspecified atom stereocenters. The van der Waals surface area contributed by atoms with Crippen LogP contribution in [0, 0.1) is 5.41 Å². The van der Waals surface area contributed by atoms with Gasteiger partial charge in [-0.05, 0) is 19.3 Å². The number of H-pyrrole nitrogens is 1. The molecule has 1 aromatic rings. The molecule has 0 radical (unpaired) electrons. The molecule has 0 bridgehead atoms. The molecule has 0 spiro atoms. The van der Waals surface area contributed by atoms with Crippen molar-refractivity contribution in [2.24, 2.45) is 11.1 Å². The summed E-state index contributed by atoms with van der Waals surface area (Å²) in [6, 6.07) is 0. The zero-order valence-corrected chi connectivity index (χ0v) is 11.3. The van der Waals surface area contributed by atoms with Gasteiger partial charge in [0.05, 0.1) is 5.41 Å². The van der Waals surface area contributed by atoms with Crippen LogP contribution in [0.15, 0.2) is 6.33 Å². The van der Waals surface area contributed by atoms with Crippen molar-refractivity contribution in [3.63, 3.8) is 0 Å². The summed E-state index contributed by atoms with van der Waals surface area (Å²) in [4.78, 5) is 16.3. The first-order valence-corrected chi connectivity index (χ1v) is 7.09. The molecule has 0 atom stereocenters. The molecule has 1 amide bonds. The Morgan fingerprint density at radius 1 is 1.42 bits per heavy atom. The average Bonchev–Trinajstić information content (AvgIpc) is 2.97. The molecule has 4 N–H and O–H groups in total. The maximum atomic E-state index is 12.3. The van der Waals surface area contributed by atoms with Crippen LogP contribution in [0.5, 0.6) is 0 Å². The minimum atomic E-state index is -0.315. The average molecular weight is 265 g/mol. The van der Waals surface area contributed by atoms with Gasteiger partial charge in [0.1, 0.15) is 12.2 Å². The molecule has 106 valence electrons. The maximum Gasteiger partial charge on any atom is 0.227 e. The van der Waals surface area contributed by atoms with E-state index in [2.05, 4.69) is 20.5 Å². The molecule has 1 aromatic heterocycles. The molecule has 19 heavy (non-hydrogen) atoms. The molecule has 6 heteroatoms. The van der Waals surface area contributed by atoms with E-state index >= 15 is 0 Å². The van der Waals surface area contributed by atoms with Gasteiger partial charge in [-0.15, -0.1) is 0 Å². The summed E-state index contributed by atoms with van der Waals surface area (Å²) in [5.74, 6) is 0.993. The number of rotatable bonds is 6. The molecule has 0 aliphatic heterocycles. The molecule has 0 saturated heterocycles. The van der Waals surface area contributed by atoms with Crippen LogP contribution >= 0.6 is 0 Å². The maximum absolute atomic E-state index is 12.3. The number of nitrogens with two attached hydrogens (primary N) is 1. The molecular weight excluding hydrogens is 242 g/mol. The van der Waals surface area contributed by atoms with E-state index in [0.717, 1.165) is 44.3 Å². The van der Waals surface area contributed by atoms with Gasteiger partial charge in [-0.2, -0.15) is 5.10 Å². The lowest BCUT2D eigenvalue weighted by atomic mass is 9.73. The molecule has 1 fully saturated rings. The number of carbonyl (C=O) groups is 1. The van der Waals surface area contributed by atoms with E-state index in [4.69, 9.17) is 5.73 Å². The van der Waals surface area contributed by atoms with Gasteiger partial charge >= 0.3 is 0 Å². The second-order valence-electron chi connectivity index (χ2n) is 5.34. The molecule has 1 aliphatic rings. The number of aromatic nitrogens is 3. The van der Waals surface area contributed by atoms with Gasteiger partial charge in [0.15, 0.2) is 0 Å². The molecular formula is C13H23N5O. The van der Waals surface area contributed by atoms with Crippen LogP contribution in [0.3, 0.4) is 0 Å². The Hall–Kier alpha value is -1.43. The zero-order valence-electron chi connectivity index (χ0n) is 11.3. The van der Waals surface area contributed by atoms with E-state index in [1.807, 2.05) is 0 Å². The van der Waals surface area contributed by atoms with Gasteiger partial charge < -0.3 is 11.1 Å². The van der Waals surface area contributed by atoms with Crippen molar-refractivity contribution in [3.8, 4) is 0 Å². The van der Waals surface area contributed by atoms with Gasteiger partial charge in [-0.25, -0.2) is 4.98 Å². The summed E-state index contributed by atoms with van der Waals surface area (Å²) in [5, 5.41) is 9.63. The number of hydrogen-bond donors (Lipinski definition) is 3. The van der Waals surface area contributed by atoms with E-state index in [-0.39, 0.29) is 11.3 Å². The lowest BCUT2D eigenvalue weighted by molar-refractivity contribution is -0.132. The van der Waals surface area contributed by atoms with Crippen molar-refractivity contribution < 1.29 is 4.79 Å². The van der Waals surface area contributed by atoms with Crippen molar-refractivity contribution in [1.82, 2.24) is 20.5 Å². The number of hydrogen-bond acceptors (Lipinski definition) is 4. The van der Waals surface area contributed by atoms with Crippen molar-refractivity contribution in [3.05, 3.63) is 12.2 Å². The lowest BCUT2D eigenvalue weighted by Crippen LogP contribution is -2.47. The predicted molar refractivity (Wildman–Crippen MR) is 72.3 cm³/mol. The van der Waals surface area contributed by atoms with Gasteiger partial charge in [-0.1, -0.05) is 19.3 Å². The van der Waals surface area contributed by atoms with Gasteiger partial charge in [0.2, 0.25) is 5.91 Å². The summed E-state index contributed by atoms with van der Waals surface area (Å²) in [6.07, 6.45) is 8.47. The highest BCUT2D eigenvalue weighted by atomic mass is 16.2. The first kappa shape index (κ1) is 14.0. The van der Waals surface area contributed by atoms with Crippen molar-refractivity contribution >= 4 is 5.91 Å². The summed E-state index contributed by atoms with van der Waals surface area (Å²) >= 11 is 0. The molecule has 1 aliphatic carbocycles. The molecule has 1 heterocycles. The molecule has 1 saturated carbocycles. The number of aromatic amines is 1. The topological polar surface area (TPSA) is 96.7 Å². The summed E-state index contributed by atoms with van der Waals surface area (Å²) in [6.45, 7) is 1.13. The monoisotopic (exact) mass is 265 g/mol. The smallest absolute Gasteiger partial charge is 0.227 e. The fourth-order valence-corrected chi connectivity index (χ4v) is 2.75. The zero-order chi connectivity index (χ0) is 13.6. The third-order valence-electron chi connectivity index (χ3n) is 4.02. The number of carbonyl (C=O) groups excluding carboxylic acids is 1. The van der Waals surface area contributed by atoms with E-state index in [1.165, 1.54) is 12.7 Å². The highest BCUT2D eigenvalue weighted by Crippen LogP contribution is 2.35. The van der Waals surface area contributed by atoms with Gasteiger partial charge in [-0.3, -0.25) is 9.89 Å². The Bertz CT molecular complexity index is 384. The van der Waals surface area contributed by atoms with Crippen molar-refractivity contribution in [1.29, 1.82) is 0 Å². The van der Waals surface area contributed by atoms with Crippen molar-refractivity contribution in [2.75, 3.05) is 13.1 Å². The largest absolute Gasteiger partial charge is 0.356 e. The normalized spacial score (nSPS) is 18.2. The molecule has 6 nitrogen and oxygen atoms in total. The Morgan fingerprint density at radius 2 is 2.21 bits per heavy atom. The summed E-state index contributed by atoms with van der Waals surface area (Å²) in [5.41, 5.74) is 5.52. The minimum Gasteiger partial charge on any atom is -0.356 e. The van der Waals surface area contributed by atoms with Crippen LogP contribution < -0.4 is 11.1 Å². The minimum absolute atomic E-state index is 0.132. The van der Waals surface area contributed by atoms with Gasteiger partial charge in [0, 0.05) is 19.5 Å². The van der Waals surface area contributed by atoms with Crippen LogP contribution in [0.1, 0.15) is 44.3 Å². The first-order valence-electron chi connectivity index (χ1n) is 7.09. The number of nitrogens with one attached hydrogen (secondary N) is 2. The highest BCUT2D eigenvalue weighted by molar-refractivity contribution is 5.82. The van der Waals surface area contributed by atoms with Crippen molar-refractivity contribution in [2.45, 2.75) is 44.9 Å². The third kappa shape index (κ3) is 3.53. The fourth-order valence-electron chi connectivity index (χ4n) is 2.75. The Morgan fingerprint density at radius 3 is 2.84 bits per heavy atom. The highest BCUT2D eigenvalue weighted by Gasteiger charge is 2.37. The van der Waals surface area contributed by atoms with Crippen LogP contribution in [0.25, 0.3) is 0 Å². The SMILES string of the molecule is NCC1(C(=O)NCCCc2ncn[nH]2)CCCCC1. The lowest BCUT2D eigenvalue weighted by Gasteiger charge is -2.34. The summed E-state index contributed by atoms with van der Waals surface area (Å²) in [7, 11) is 0. The first-order chi connectivity index (χ1) is 9.27. The van der Waals surface area contributed by atoms with Crippen LogP contribution in [0.4, 0.5) is 0 Å².